The number of rotatable bonds is 6. The first kappa shape index (κ1) is 14.7. The summed E-state index contributed by atoms with van der Waals surface area (Å²) in [6.07, 6.45) is 3.25. The summed E-state index contributed by atoms with van der Waals surface area (Å²) < 4.78 is 10.9. The number of methoxy groups -OCH3 is 1. The van der Waals surface area contributed by atoms with Crippen LogP contribution in [0.3, 0.4) is 0 Å². The molecule has 2 rings (SSSR count). The second-order valence-electron chi connectivity index (χ2n) is 5.07. The molecule has 1 N–H and O–H groups in total. The Bertz CT molecular complexity index is 482. The molecule has 2 unspecified atom stereocenters. The summed E-state index contributed by atoms with van der Waals surface area (Å²) in [5.41, 5.74) is 1.15. The molecule has 1 aliphatic carbocycles. The van der Waals surface area contributed by atoms with E-state index < -0.39 is 0 Å². The number of hydrogen-bond donors (Lipinski definition) is 1. The van der Waals surface area contributed by atoms with E-state index in [4.69, 9.17) is 14.7 Å². The van der Waals surface area contributed by atoms with Crippen molar-refractivity contribution in [2.24, 2.45) is 5.92 Å². The van der Waals surface area contributed by atoms with Gasteiger partial charge in [-0.25, -0.2) is 0 Å². The van der Waals surface area contributed by atoms with E-state index in [2.05, 4.69) is 11.4 Å². The predicted molar refractivity (Wildman–Crippen MR) is 77.7 cm³/mol. The summed E-state index contributed by atoms with van der Waals surface area (Å²) in [6.45, 7) is 3.34. The lowest BCUT2D eigenvalue weighted by molar-refractivity contribution is 0.310. The molecule has 0 aromatic heterocycles. The minimum absolute atomic E-state index is 0.152. The van der Waals surface area contributed by atoms with Gasteiger partial charge in [0.25, 0.3) is 0 Å². The molecule has 0 aliphatic heterocycles. The minimum Gasteiger partial charge on any atom is -0.493 e. The zero-order valence-electron chi connectivity index (χ0n) is 12.2. The van der Waals surface area contributed by atoms with E-state index in [-0.39, 0.29) is 5.92 Å². The van der Waals surface area contributed by atoms with Crippen molar-refractivity contribution in [3.8, 4) is 17.6 Å². The van der Waals surface area contributed by atoms with Gasteiger partial charge in [0.1, 0.15) is 0 Å². The molecule has 0 bridgehead atoms. The van der Waals surface area contributed by atoms with Gasteiger partial charge in [0, 0.05) is 12.6 Å². The van der Waals surface area contributed by atoms with Gasteiger partial charge < -0.3 is 14.8 Å². The molecule has 0 spiro atoms. The van der Waals surface area contributed by atoms with Crippen molar-refractivity contribution in [1.29, 1.82) is 5.26 Å². The quantitative estimate of drug-likeness (QED) is 0.866. The normalized spacial score (nSPS) is 21.4. The van der Waals surface area contributed by atoms with Crippen LogP contribution in [0.5, 0.6) is 11.5 Å². The van der Waals surface area contributed by atoms with E-state index >= 15 is 0 Å². The number of benzene rings is 1. The van der Waals surface area contributed by atoms with E-state index in [0.717, 1.165) is 42.9 Å². The third kappa shape index (κ3) is 3.43. The molecular formula is C16H22N2O2. The van der Waals surface area contributed by atoms with Crippen LogP contribution in [-0.2, 0) is 6.54 Å². The molecule has 0 heterocycles. The molecular weight excluding hydrogens is 252 g/mol. The van der Waals surface area contributed by atoms with E-state index in [9.17, 15) is 0 Å². The first-order valence-corrected chi connectivity index (χ1v) is 7.21. The summed E-state index contributed by atoms with van der Waals surface area (Å²) in [6, 6.07) is 8.68. The van der Waals surface area contributed by atoms with Crippen LogP contribution < -0.4 is 14.8 Å². The topological polar surface area (TPSA) is 54.3 Å². The average molecular weight is 274 g/mol. The Morgan fingerprint density at radius 1 is 1.35 bits per heavy atom. The lowest BCUT2D eigenvalue weighted by Gasteiger charge is -2.16. The van der Waals surface area contributed by atoms with Crippen molar-refractivity contribution < 1.29 is 9.47 Å². The summed E-state index contributed by atoms with van der Waals surface area (Å²) in [7, 11) is 1.65. The van der Waals surface area contributed by atoms with Crippen LogP contribution >= 0.6 is 0 Å². The Balaban J connectivity index is 1.98. The van der Waals surface area contributed by atoms with Crippen LogP contribution in [0.15, 0.2) is 18.2 Å². The summed E-state index contributed by atoms with van der Waals surface area (Å²) >= 11 is 0. The highest BCUT2D eigenvalue weighted by Crippen LogP contribution is 2.29. The first-order valence-electron chi connectivity index (χ1n) is 7.21. The van der Waals surface area contributed by atoms with Gasteiger partial charge in [-0.2, -0.15) is 5.26 Å². The summed E-state index contributed by atoms with van der Waals surface area (Å²) in [5, 5.41) is 12.6. The van der Waals surface area contributed by atoms with Gasteiger partial charge in [-0.05, 0) is 37.5 Å². The van der Waals surface area contributed by atoms with Crippen LogP contribution in [0, 0.1) is 17.2 Å². The molecule has 1 aliphatic rings. The number of ether oxygens (including phenoxy) is 2. The van der Waals surface area contributed by atoms with Crippen molar-refractivity contribution in [3.63, 3.8) is 0 Å². The molecule has 0 radical (unpaired) electrons. The lowest BCUT2D eigenvalue weighted by atomic mass is 10.1. The number of nitrogens with one attached hydrogen (secondary N) is 1. The third-order valence-electron chi connectivity index (χ3n) is 3.78. The average Bonchev–Trinajstić information content (AvgIpc) is 2.94. The Hall–Kier alpha value is -1.73. The molecule has 0 saturated heterocycles. The molecule has 1 aromatic rings. The number of nitriles is 1. The highest BCUT2D eigenvalue weighted by Gasteiger charge is 2.26. The van der Waals surface area contributed by atoms with Crippen LogP contribution in [0.2, 0.25) is 0 Å². The van der Waals surface area contributed by atoms with Gasteiger partial charge in [0.2, 0.25) is 0 Å². The fourth-order valence-corrected chi connectivity index (χ4v) is 2.70. The monoisotopic (exact) mass is 274 g/mol. The molecule has 1 saturated carbocycles. The van der Waals surface area contributed by atoms with Gasteiger partial charge in [-0.15, -0.1) is 0 Å². The van der Waals surface area contributed by atoms with Crippen LogP contribution in [-0.4, -0.2) is 19.8 Å². The van der Waals surface area contributed by atoms with E-state index in [0.29, 0.717) is 12.6 Å². The lowest BCUT2D eigenvalue weighted by Crippen LogP contribution is -2.31. The maximum absolute atomic E-state index is 9.08. The molecule has 4 nitrogen and oxygen atoms in total. The van der Waals surface area contributed by atoms with Gasteiger partial charge >= 0.3 is 0 Å². The second-order valence-corrected chi connectivity index (χ2v) is 5.07. The Kier molecular flexibility index (Phi) is 5.25. The zero-order chi connectivity index (χ0) is 14.4. The molecule has 0 amide bonds. The maximum atomic E-state index is 9.08. The Labute approximate surface area is 120 Å². The second kappa shape index (κ2) is 7.16. The number of hydrogen-bond acceptors (Lipinski definition) is 4. The van der Waals surface area contributed by atoms with Gasteiger partial charge in [0.15, 0.2) is 11.5 Å². The van der Waals surface area contributed by atoms with E-state index in [1.807, 2.05) is 25.1 Å². The summed E-state index contributed by atoms with van der Waals surface area (Å²) in [4.78, 5) is 0. The van der Waals surface area contributed by atoms with Crippen molar-refractivity contribution >= 4 is 0 Å². The largest absolute Gasteiger partial charge is 0.493 e. The van der Waals surface area contributed by atoms with Crippen molar-refractivity contribution in [2.75, 3.05) is 13.7 Å². The standard InChI is InChI=1S/C16H22N2O2/c1-3-20-15-8-7-12(9-16(15)19-2)11-18-14-6-4-5-13(14)10-17/h7-9,13-14,18H,3-6,11H2,1-2H3. The maximum Gasteiger partial charge on any atom is 0.161 e. The van der Waals surface area contributed by atoms with Crippen molar-refractivity contribution in [3.05, 3.63) is 23.8 Å². The predicted octanol–water partition coefficient (Wildman–Crippen LogP) is 2.88. The molecule has 20 heavy (non-hydrogen) atoms. The third-order valence-corrected chi connectivity index (χ3v) is 3.78. The Morgan fingerprint density at radius 2 is 2.20 bits per heavy atom. The molecule has 4 heteroatoms. The van der Waals surface area contributed by atoms with Gasteiger partial charge in [-0.1, -0.05) is 12.5 Å². The first-order chi connectivity index (χ1) is 9.78. The number of nitrogens with zero attached hydrogens (tertiary/aromatic N) is 1. The van der Waals surface area contributed by atoms with Gasteiger partial charge in [0.05, 0.1) is 25.7 Å². The van der Waals surface area contributed by atoms with Crippen LogP contribution in [0.25, 0.3) is 0 Å². The fourth-order valence-electron chi connectivity index (χ4n) is 2.70. The molecule has 108 valence electrons. The van der Waals surface area contributed by atoms with Crippen molar-refractivity contribution in [2.45, 2.75) is 38.8 Å². The fraction of sp³-hybridized carbons (Fsp3) is 0.562. The van der Waals surface area contributed by atoms with E-state index in [1.165, 1.54) is 0 Å². The van der Waals surface area contributed by atoms with Crippen LogP contribution in [0.1, 0.15) is 31.7 Å². The summed E-state index contributed by atoms with van der Waals surface area (Å²) in [5.74, 6) is 1.68. The van der Waals surface area contributed by atoms with Crippen molar-refractivity contribution in [1.82, 2.24) is 5.32 Å². The zero-order valence-corrected chi connectivity index (χ0v) is 12.2. The SMILES string of the molecule is CCOc1ccc(CNC2CCCC2C#N)cc1OC. The molecule has 1 fully saturated rings. The highest BCUT2D eigenvalue weighted by atomic mass is 16.5. The van der Waals surface area contributed by atoms with E-state index in [1.54, 1.807) is 7.11 Å². The minimum atomic E-state index is 0.152. The van der Waals surface area contributed by atoms with Gasteiger partial charge in [-0.3, -0.25) is 0 Å². The highest BCUT2D eigenvalue weighted by molar-refractivity contribution is 5.42. The van der Waals surface area contributed by atoms with Crippen LogP contribution in [0.4, 0.5) is 0 Å². The molecule has 2 atom stereocenters. The smallest absolute Gasteiger partial charge is 0.161 e. The molecule has 1 aromatic carbocycles. The Morgan fingerprint density at radius 3 is 2.90 bits per heavy atom.